The first kappa shape index (κ1) is 13.7. The van der Waals surface area contributed by atoms with Gasteiger partial charge in [0.25, 0.3) is 0 Å². The van der Waals surface area contributed by atoms with Crippen LogP contribution in [-0.4, -0.2) is 0 Å². The van der Waals surface area contributed by atoms with Crippen LogP contribution in [-0.2, 0) is 0 Å². The van der Waals surface area contributed by atoms with Crippen LogP contribution in [0.5, 0.6) is 0 Å². The normalized spacial score (nSPS) is 14.4. The quantitative estimate of drug-likeness (QED) is 0.827. The van der Waals surface area contributed by atoms with E-state index in [4.69, 9.17) is 0 Å². The minimum Gasteiger partial charge on any atom is -0.303 e. The Bertz CT molecular complexity index is 513. The van der Waals surface area contributed by atoms with Crippen molar-refractivity contribution in [3.63, 3.8) is 0 Å². The molecule has 2 atom stereocenters. The summed E-state index contributed by atoms with van der Waals surface area (Å²) in [5.74, 6) is -0.178. The van der Waals surface area contributed by atoms with Gasteiger partial charge in [-0.15, -0.1) is 11.3 Å². The highest BCUT2D eigenvalue weighted by Gasteiger charge is 2.15. The number of thiophene rings is 1. The van der Waals surface area contributed by atoms with Crippen molar-refractivity contribution >= 4 is 27.3 Å². The van der Waals surface area contributed by atoms with Crippen LogP contribution < -0.4 is 5.32 Å². The zero-order valence-corrected chi connectivity index (χ0v) is 12.7. The average molecular weight is 328 g/mol. The molecular weight excluding hydrogens is 313 g/mol. The molecule has 1 heterocycles. The average Bonchev–Trinajstić information content (AvgIpc) is 2.81. The summed E-state index contributed by atoms with van der Waals surface area (Å²) in [7, 11) is 0. The lowest BCUT2D eigenvalue weighted by atomic mass is 10.1. The summed E-state index contributed by atoms with van der Waals surface area (Å²) in [6.07, 6.45) is 0. The molecule has 18 heavy (non-hydrogen) atoms. The summed E-state index contributed by atoms with van der Waals surface area (Å²) in [6, 6.07) is 9.52. The Kier molecular flexibility index (Phi) is 4.54. The summed E-state index contributed by atoms with van der Waals surface area (Å²) in [5.41, 5.74) is 0.696. The molecule has 2 aromatic rings. The van der Waals surface area contributed by atoms with Crippen molar-refractivity contribution in [2.24, 2.45) is 0 Å². The topological polar surface area (TPSA) is 12.0 Å². The van der Waals surface area contributed by atoms with E-state index in [0.29, 0.717) is 5.56 Å². The van der Waals surface area contributed by atoms with Gasteiger partial charge in [-0.05, 0) is 37.4 Å². The van der Waals surface area contributed by atoms with E-state index in [2.05, 4.69) is 39.6 Å². The predicted octanol–water partition coefficient (Wildman–Crippen LogP) is 5.06. The standard InChI is InChI=1S/C14H15BrFNS/c1-9(12-6-5-11(15)8-13(12)16)17-10(2)14-4-3-7-18-14/h3-10,17H,1-2H3/t9?,10-/m1/s1. The third-order valence-corrected chi connectivity index (χ3v) is 4.45. The lowest BCUT2D eigenvalue weighted by Crippen LogP contribution is -2.22. The lowest BCUT2D eigenvalue weighted by Gasteiger charge is -2.20. The highest BCUT2D eigenvalue weighted by atomic mass is 79.9. The minimum absolute atomic E-state index is 0.0183. The van der Waals surface area contributed by atoms with Crippen molar-refractivity contribution in [3.8, 4) is 0 Å². The number of benzene rings is 1. The van der Waals surface area contributed by atoms with Crippen molar-refractivity contribution in [3.05, 3.63) is 56.4 Å². The molecule has 1 aromatic heterocycles. The zero-order valence-electron chi connectivity index (χ0n) is 10.3. The molecular formula is C14H15BrFNS. The van der Waals surface area contributed by atoms with Gasteiger partial charge in [-0.3, -0.25) is 0 Å². The third-order valence-electron chi connectivity index (χ3n) is 2.90. The molecule has 1 aromatic carbocycles. The summed E-state index contributed by atoms with van der Waals surface area (Å²) in [4.78, 5) is 1.26. The number of halogens is 2. The summed E-state index contributed by atoms with van der Waals surface area (Å²) < 4.78 is 14.6. The minimum atomic E-state index is -0.178. The van der Waals surface area contributed by atoms with Crippen LogP contribution in [0.15, 0.2) is 40.2 Å². The third kappa shape index (κ3) is 3.19. The van der Waals surface area contributed by atoms with E-state index in [1.807, 2.05) is 25.1 Å². The molecule has 0 aliphatic heterocycles. The van der Waals surface area contributed by atoms with E-state index in [-0.39, 0.29) is 17.9 Å². The van der Waals surface area contributed by atoms with Crippen molar-refractivity contribution in [1.29, 1.82) is 0 Å². The molecule has 0 radical (unpaired) electrons. The lowest BCUT2D eigenvalue weighted by molar-refractivity contribution is 0.478. The molecule has 0 spiro atoms. The molecule has 0 aliphatic rings. The molecule has 1 N–H and O–H groups in total. The van der Waals surface area contributed by atoms with Gasteiger partial charge < -0.3 is 5.32 Å². The smallest absolute Gasteiger partial charge is 0.129 e. The first-order valence-corrected chi connectivity index (χ1v) is 7.49. The Hall–Kier alpha value is -0.710. The van der Waals surface area contributed by atoms with Gasteiger partial charge in [0.05, 0.1) is 0 Å². The molecule has 96 valence electrons. The summed E-state index contributed by atoms with van der Waals surface area (Å²) in [5, 5.41) is 5.47. The SMILES string of the molecule is CC(N[C@H](C)c1cccs1)c1ccc(Br)cc1F. The van der Waals surface area contributed by atoms with Crippen molar-refractivity contribution in [2.75, 3.05) is 0 Å². The predicted molar refractivity (Wildman–Crippen MR) is 78.4 cm³/mol. The molecule has 0 saturated carbocycles. The van der Waals surface area contributed by atoms with Gasteiger partial charge in [0.15, 0.2) is 0 Å². The summed E-state index contributed by atoms with van der Waals surface area (Å²) >= 11 is 4.98. The molecule has 0 saturated heterocycles. The van der Waals surface area contributed by atoms with E-state index in [0.717, 1.165) is 4.47 Å². The van der Waals surface area contributed by atoms with E-state index in [1.165, 1.54) is 10.9 Å². The second-order valence-electron chi connectivity index (χ2n) is 4.29. The Morgan fingerprint density at radius 3 is 2.61 bits per heavy atom. The van der Waals surface area contributed by atoms with Crippen LogP contribution in [0, 0.1) is 5.82 Å². The van der Waals surface area contributed by atoms with Crippen LogP contribution in [0.2, 0.25) is 0 Å². The zero-order chi connectivity index (χ0) is 13.1. The number of rotatable bonds is 4. The van der Waals surface area contributed by atoms with E-state index in [9.17, 15) is 4.39 Å². The van der Waals surface area contributed by atoms with Crippen LogP contribution in [0.4, 0.5) is 4.39 Å². The van der Waals surface area contributed by atoms with Crippen molar-refractivity contribution in [1.82, 2.24) is 5.32 Å². The van der Waals surface area contributed by atoms with Gasteiger partial charge in [-0.1, -0.05) is 28.1 Å². The fourth-order valence-electron chi connectivity index (χ4n) is 1.94. The van der Waals surface area contributed by atoms with Gasteiger partial charge in [0, 0.05) is 27.0 Å². The Morgan fingerprint density at radius 1 is 1.22 bits per heavy atom. The van der Waals surface area contributed by atoms with Gasteiger partial charge in [0.1, 0.15) is 5.82 Å². The number of hydrogen-bond acceptors (Lipinski definition) is 2. The fourth-order valence-corrected chi connectivity index (χ4v) is 3.01. The van der Waals surface area contributed by atoms with Gasteiger partial charge in [-0.25, -0.2) is 4.39 Å². The number of hydrogen-bond donors (Lipinski definition) is 1. The second-order valence-corrected chi connectivity index (χ2v) is 6.19. The van der Waals surface area contributed by atoms with E-state index < -0.39 is 0 Å². The maximum absolute atomic E-state index is 13.8. The molecule has 4 heteroatoms. The Labute approximate surface area is 119 Å². The molecule has 1 nitrogen and oxygen atoms in total. The van der Waals surface area contributed by atoms with Crippen LogP contribution in [0.3, 0.4) is 0 Å². The monoisotopic (exact) mass is 327 g/mol. The van der Waals surface area contributed by atoms with Crippen LogP contribution in [0.1, 0.15) is 36.4 Å². The highest BCUT2D eigenvalue weighted by molar-refractivity contribution is 9.10. The van der Waals surface area contributed by atoms with Gasteiger partial charge >= 0.3 is 0 Å². The first-order chi connectivity index (χ1) is 8.58. The fraction of sp³-hybridized carbons (Fsp3) is 0.286. The Morgan fingerprint density at radius 2 is 2.00 bits per heavy atom. The molecule has 2 rings (SSSR count). The molecule has 0 fully saturated rings. The molecule has 1 unspecified atom stereocenters. The van der Waals surface area contributed by atoms with Gasteiger partial charge in [-0.2, -0.15) is 0 Å². The molecule has 0 aliphatic carbocycles. The largest absolute Gasteiger partial charge is 0.303 e. The molecule has 0 amide bonds. The second kappa shape index (κ2) is 5.95. The Balaban J connectivity index is 2.10. The first-order valence-electron chi connectivity index (χ1n) is 5.82. The maximum atomic E-state index is 13.8. The van der Waals surface area contributed by atoms with Crippen LogP contribution >= 0.6 is 27.3 Å². The highest BCUT2D eigenvalue weighted by Crippen LogP contribution is 2.25. The molecule has 0 bridgehead atoms. The van der Waals surface area contributed by atoms with E-state index >= 15 is 0 Å². The van der Waals surface area contributed by atoms with Crippen LogP contribution in [0.25, 0.3) is 0 Å². The van der Waals surface area contributed by atoms with Gasteiger partial charge in [0.2, 0.25) is 0 Å². The van der Waals surface area contributed by atoms with Crippen molar-refractivity contribution < 1.29 is 4.39 Å². The maximum Gasteiger partial charge on any atom is 0.129 e. The van der Waals surface area contributed by atoms with Crippen molar-refractivity contribution in [2.45, 2.75) is 25.9 Å². The summed E-state index contributed by atoms with van der Waals surface area (Å²) in [6.45, 7) is 4.08. The number of nitrogens with one attached hydrogen (secondary N) is 1. The van der Waals surface area contributed by atoms with E-state index in [1.54, 1.807) is 11.3 Å².